The zero-order valence-corrected chi connectivity index (χ0v) is 19.7. The SMILES string of the molecule is CCN(CC)CCN(C(=O)c1cccc2ccccc12)c1nc2cc3c(cc2s1)OCCO3. The lowest BCUT2D eigenvalue weighted by Crippen LogP contribution is -2.39. The number of carbonyl (C=O) groups is 1. The molecule has 0 N–H and O–H groups in total. The smallest absolute Gasteiger partial charge is 0.260 e. The number of fused-ring (bicyclic) bond motifs is 3. The Morgan fingerprint density at radius 2 is 1.70 bits per heavy atom. The molecule has 0 fully saturated rings. The van der Waals surface area contributed by atoms with Gasteiger partial charge in [0.15, 0.2) is 16.6 Å². The monoisotopic (exact) mass is 461 g/mol. The van der Waals surface area contributed by atoms with Gasteiger partial charge in [-0.15, -0.1) is 0 Å². The van der Waals surface area contributed by atoms with Gasteiger partial charge in [-0.3, -0.25) is 9.69 Å². The number of hydrogen-bond donors (Lipinski definition) is 0. The fourth-order valence-electron chi connectivity index (χ4n) is 4.19. The Morgan fingerprint density at radius 1 is 0.970 bits per heavy atom. The summed E-state index contributed by atoms with van der Waals surface area (Å²) in [4.78, 5) is 22.9. The van der Waals surface area contributed by atoms with E-state index >= 15 is 0 Å². The van der Waals surface area contributed by atoms with Crippen LogP contribution in [0.1, 0.15) is 24.2 Å². The van der Waals surface area contributed by atoms with Crippen molar-refractivity contribution >= 4 is 43.4 Å². The highest BCUT2D eigenvalue weighted by Gasteiger charge is 2.24. The highest BCUT2D eigenvalue weighted by molar-refractivity contribution is 7.22. The maximum Gasteiger partial charge on any atom is 0.260 e. The van der Waals surface area contributed by atoms with Gasteiger partial charge in [0, 0.05) is 30.8 Å². The quantitative estimate of drug-likeness (QED) is 0.378. The summed E-state index contributed by atoms with van der Waals surface area (Å²) in [5, 5.41) is 2.70. The third-order valence-corrected chi connectivity index (χ3v) is 7.11. The van der Waals surface area contributed by atoms with Crippen LogP contribution in [-0.4, -0.2) is 55.2 Å². The fraction of sp³-hybridized carbons (Fsp3) is 0.308. The van der Waals surface area contributed by atoms with Crippen molar-refractivity contribution in [2.75, 3.05) is 44.3 Å². The van der Waals surface area contributed by atoms with Crippen LogP contribution in [0.15, 0.2) is 54.6 Å². The van der Waals surface area contributed by atoms with Crippen LogP contribution in [0.25, 0.3) is 21.0 Å². The van der Waals surface area contributed by atoms with Gasteiger partial charge in [0.25, 0.3) is 5.91 Å². The van der Waals surface area contributed by atoms with E-state index in [9.17, 15) is 4.79 Å². The number of ether oxygens (including phenoxy) is 2. The number of hydrogen-bond acceptors (Lipinski definition) is 6. The highest BCUT2D eigenvalue weighted by Crippen LogP contribution is 2.39. The largest absolute Gasteiger partial charge is 0.486 e. The van der Waals surface area contributed by atoms with Gasteiger partial charge in [0.2, 0.25) is 0 Å². The standard InChI is InChI=1S/C26H27N3O3S/c1-3-28(4-2)12-13-29(25(30)20-11-7-9-18-8-5-6-10-19(18)20)26-27-21-16-22-23(17-24(21)33-26)32-15-14-31-22/h5-11,16-17H,3-4,12-15H2,1-2H3. The molecule has 0 atom stereocenters. The first-order valence-corrected chi connectivity index (χ1v) is 12.2. The molecule has 3 aromatic carbocycles. The van der Waals surface area contributed by atoms with Crippen LogP contribution in [0.3, 0.4) is 0 Å². The molecule has 0 aliphatic carbocycles. The third-order valence-electron chi connectivity index (χ3n) is 6.07. The number of nitrogens with zero attached hydrogens (tertiary/aromatic N) is 3. The minimum Gasteiger partial charge on any atom is -0.486 e. The van der Waals surface area contributed by atoms with Gasteiger partial charge in [-0.05, 0) is 29.9 Å². The number of carbonyl (C=O) groups excluding carboxylic acids is 1. The van der Waals surface area contributed by atoms with Crippen molar-refractivity contribution in [1.82, 2.24) is 9.88 Å². The zero-order valence-electron chi connectivity index (χ0n) is 18.9. The normalized spacial score (nSPS) is 13.1. The second-order valence-electron chi connectivity index (χ2n) is 7.97. The van der Waals surface area contributed by atoms with Gasteiger partial charge in [-0.2, -0.15) is 0 Å². The molecule has 0 saturated heterocycles. The van der Waals surface area contributed by atoms with E-state index in [2.05, 4.69) is 18.7 Å². The van der Waals surface area contributed by atoms with Crippen molar-refractivity contribution in [2.24, 2.45) is 0 Å². The lowest BCUT2D eigenvalue weighted by atomic mass is 10.0. The van der Waals surface area contributed by atoms with Crippen molar-refractivity contribution < 1.29 is 14.3 Å². The van der Waals surface area contributed by atoms with E-state index in [0.717, 1.165) is 46.4 Å². The molecule has 1 aliphatic heterocycles. The first-order valence-electron chi connectivity index (χ1n) is 11.4. The second kappa shape index (κ2) is 9.37. The summed E-state index contributed by atoms with van der Waals surface area (Å²) in [5.41, 5.74) is 1.51. The van der Waals surface area contributed by atoms with Crippen molar-refractivity contribution in [3.8, 4) is 11.5 Å². The topological polar surface area (TPSA) is 54.9 Å². The van der Waals surface area contributed by atoms with Crippen LogP contribution in [-0.2, 0) is 0 Å². The van der Waals surface area contributed by atoms with Crippen LogP contribution in [0.4, 0.5) is 5.13 Å². The molecule has 170 valence electrons. The van der Waals surface area contributed by atoms with Crippen LogP contribution in [0.5, 0.6) is 11.5 Å². The highest BCUT2D eigenvalue weighted by atomic mass is 32.1. The van der Waals surface area contributed by atoms with E-state index < -0.39 is 0 Å². The number of aromatic nitrogens is 1. The molecule has 0 bridgehead atoms. The summed E-state index contributed by atoms with van der Waals surface area (Å²) in [7, 11) is 0. The molecule has 5 rings (SSSR count). The van der Waals surface area contributed by atoms with Gasteiger partial charge in [-0.25, -0.2) is 4.98 Å². The van der Waals surface area contributed by atoms with E-state index in [0.29, 0.717) is 36.2 Å². The summed E-state index contributed by atoms with van der Waals surface area (Å²) in [6.45, 7) is 8.58. The summed E-state index contributed by atoms with van der Waals surface area (Å²) in [6, 6.07) is 17.8. The Kier molecular flexibility index (Phi) is 6.15. The van der Waals surface area contributed by atoms with Gasteiger partial charge in [0.1, 0.15) is 13.2 Å². The van der Waals surface area contributed by atoms with E-state index in [1.54, 1.807) is 0 Å². The second-order valence-corrected chi connectivity index (χ2v) is 8.98. The molecule has 0 unspecified atom stereocenters. The van der Waals surface area contributed by atoms with Gasteiger partial charge >= 0.3 is 0 Å². The van der Waals surface area contributed by atoms with E-state index in [4.69, 9.17) is 14.5 Å². The average Bonchev–Trinajstić information content (AvgIpc) is 3.27. The summed E-state index contributed by atoms with van der Waals surface area (Å²) in [5.74, 6) is 1.41. The van der Waals surface area contributed by atoms with E-state index in [1.165, 1.54) is 11.3 Å². The lowest BCUT2D eigenvalue weighted by molar-refractivity contribution is 0.0985. The number of amides is 1. The zero-order chi connectivity index (χ0) is 22.8. The maximum atomic E-state index is 13.9. The van der Waals surface area contributed by atoms with Gasteiger partial charge < -0.3 is 14.4 Å². The minimum atomic E-state index is -0.0322. The molecule has 1 aliphatic rings. The summed E-state index contributed by atoms with van der Waals surface area (Å²) < 4.78 is 12.4. The number of thiazole rings is 1. The third kappa shape index (κ3) is 4.26. The molecule has 4 aromatic rings. The van der Waals surface area contributed by atoms with Gasteiger partial charge in [-0.1, -0.05) is 61.6 Å². The molecule has 0 radical (unpaired) electrons. The Balaban J connectivity index is 1.56. The summed E-state index contributed by atoms with van der Waals surface area (Å²) >= 11 is 1.51. The Hall–Kier alpha value is -3.16. The van der Waals surface area contributed by atoms with Crippen molar-refractivity contribution in [2.45, 2.75) is 13.8 Å². The Morgan fingerprint density at radius 3 is 2.48 bits per heavy atom. The Labute approximate surface area is 197 Å². The average molecular weight is 462 g/mol. The Bertz CT molecular complexity index is 1250. The van der Waals surface area contributed by atoms with Crippen molar-refractivity contribution in [1.29, 1.82) is 0 Å². The minimum absolute atomic E-state index is 0.0322. The molecule has 7 heteroatoms. The van der Waals surface area contributed by atoms with Crippen LogP contribution in [0, 0.1) is 0 Å². The number of rotatable bonds is 7. The molecule has 1 amide bonds. The van der Waals surface area contributed by atoms with E-state index in [-0.39, 0.29) is 5.91 Å². The first kappa shape index (κ1) is 21.7. The van der Waals surface area contributed by atoms with E-state index in [1.807, 2.05) is 59.5 Å². The number of likely N-dealkylation sites (N-methyl/N-ethyl adjacent to an activating group) is 1. The molecule has 1 aromatic heterocycles. The number of anilines is 1. The predicted molar refractivity (Wildman–Crippen MR) is 134 cm³/mol. The maximum absolute atomic E-state index is 13.9. The van der Waals surface area contributed by atoms with Crippen molar-refractivity contribution in [3.63, 3.8) is 0 Å². The number of benzene rings is 3. The molecule has 2 heterocycles. The van der Waals surface area contributed by atoms with Crippen LogP contribution in [0.2, 0.25) is 0 Å². The lowest BCUT2D eigenvalue weighted by Gasteiger charge is -2.25. The van der Waals surface area contributed by atoms with Crippen LogP contribution < -0.4 is 14.4 Å². The van der Waals surface area contributed by atoms with Gasteiger partial charge in [0.05, 0.1) is 10.2 Å². The molecule has 0 spiro atoms. The molecule has 6 nitrogen and oxygen atoms in total. The fourth-order valence-corrected chi connectivity index (χ4v) is 5.19. The van der Waals surface area contributed by atoms with Crippen LogP contribution >= 0.6 is 11.3 Å². The molecule has 0 saturated carbocycles. The predicted octanol–water partition coefficient (Wildman–Crippen LogP) is 5.21. The van der Waals surface area contributed by atoms with Crippen molar-refractivity contribution in [3.05, 3.63) is 60.2 Å². The molecular weight excluding hydrogens is 434 g/mol. The summed E-state index contributed by atoms with van der Waals surface area (Å²) in [6.07, 6.45) is 0. The first-order chi connectivity index (χ1) is 16.2. The molecule has 33 heavy (non-hydrogen) atoms. The molecular formula is C26H27N3O3S.